The summed E-state index contributed by atoms with van der Waals surface area (Å²) >= 11 is 0. The smallest absolute Gasteiger partial charge is 0.387 e. The highest BCUT2D eigenvalue weighted by atomic mass is 19.3. The van der Waals surface area contributed by atoms with E-state index in [2.05, 4.69) is 32.2 Å². The molecule has 1 aromatic carbocycles. The number of ether oxygens (including phenoxy) is 2. The molecular weight excluding hydrogens is 366 g/mol. The Balaban J connectivity index is 1.79. The fourth-order valence-electron chi connectivity index (χ4n) is 3.40. The Kier molecular flexibility index (Phi) is 9.27. The number of likely N-dealkylation sites (tertiary alicyclic amines) is 1. The number of nitrogens with one attached hydrogen (secondary N) is 2. The minimum Gasteiger partial charge on any atom is -0.493 e. The maximum absolute atomic E-state index is 12.5. The van der Waals surface area contributed by atoms with Crippen LogP contribution < -0.4 is 20.1 Å². The van der Waals surface area contributed by atoms with Crippen molar-refractivity contribution in [3.8, 4) is 11.5 Å². The maximum Gasteiger partial charge on any atom is 0.387 e. The molecule has 0 radical (unpaired) electrons. The Morgan fingerprint density at radius 3 is 2.64 bits per heavy atom. The van der Waals surface area contributed by atoms with Gasteiger partial charge in [-0.25, -0.2) is 0 Å². The summed E-state index contributed by atoms with van der Waals surface area (Å²) in [4.78, 5) is 6.79. The zero-order valence-electron chi connectivity index (χ0n) is 17.0. The Hall–Kier alpha value is -2.09. The number of halogens is 2. The van der Waals surface area contributed by atoms with E-state index in [1.165, 1.54) is 20.1 Å². The van der Waals surface area contributed by atoms with Gasteiger partial charge in [0.25, 0.3) is 0 Å². The van der Waals surface area contributed by atoms with E-state index in [-0.39, 0.29) is 5.75 Å². The first-order valence-corrected chi connectivity index (χ1v) is 9.87. The number of benzene rings is 1. The highest BCUT2D eigenvalue weighted by Crippen LogP contribution is 2.29. The van der Waals surface area contributed by atoms with Gasteiger partial charge in [-0.2, -0.15) is 8.78 Å². The van der Waals surface area contributed by atoms with Crippen LogP contribution in [0.15, 0.2) is 23.2 Å². The van der Waals surface area contributed by atoms with Gasteiger partial charge in [-0.3, -0.25) is 4.99 Å². The van der Waals surface area contributed by atoms with Crippen molar-refractivity contribution in [2.24, 2.45) is 4.99 Å². The molecule has 2 rings (SSSR count). The third kappa shape index (κ3) is 7.14. The van der Waals surface area contributed by atoms with Crippen molar-refractivity contribution in [1.82, 2.24) is 15.5 Å². The molecule has 1 aromatic rings. The number of guanidine groups is 1. The third-order valence-corrected chi connectivity index (χ3v) is 4.84. The topological polar surface area (TPSA) is 58.1 Å². The number of piperidine rings is 1. The van der Waals surface area contributed by atoms with E-state index in [4.69, 9.17) is 4.74 Å². The van der Waals surface area contributed by atoms with Gasteiger partial charge in [-0.1, -0.05) is 13.0 Å². The molecule has 2 N–H and O–H groups in total. The fraction of sp³-hybridized carbons (Fsp3) is 0.650. The normalized spacial score (nSPS) is 16.3. The van der Waals surface area contributed by atoms with Crippen LogP contribution in [0.1, 0.15) is 31.7 Å². The molecule has 1 saturated heterocycles. The summed E-state index contributed by atoms with van der Waals surface area (Å²) in [5.74, 6) is 1.12. The summed E-state index contributed by atoms with van der Waals surface area (Å²) in [6, 6.07) is 5.50. The summed E-state index contributed by atoms with van der Waals surface area (Å²) in [5.41, 5.74) is 0.882. The van der Waals surface area contributed by atoms with Gasteiger partial charge in [0.1, 0.15) is 0 Å². The van der Waals surface area contributed by atoms with Gasteiger partial charge >= 0.3 is 6.61 Å². The Morgan fingerprint density at radius 2 is 2.04 bits per heavy atom. The second kappa shape index (κ2) is 11.7. The van der Waals surface area contributed by atoms with E-state index in [0.717, 1.165) is 37.5 Å². The molecule has 158 valence electrons. The van der Waals surface area contributed by atoms with Gasteiger partial charge < -0.3 is 25.0 Å². The zero-order chi connectivity index (χ0) is 20.4. The lowest BCUT2D eigenvalue weighted by molar-refractivity contribution is -0.0512. The number of rotatable bonds is 9. The van der Waals surface area contributed by atoms with Gasteiger partial charge in [0, 0.05) is 32.7 Å². The highest BCUT2D eigenvalue weighted by molar-refractivity contribution is 5.79. The number of aliphatic imine (C=N–C) groups is 1. The van der Waals surface area contributed by atoms with Crippen LogP contribution in [-0.2, 0) is 6.42 Å². The summed E-state index contributed by atoms with van der Waals surface area (Å²) < 4.78 is 34.7. The standard InChI is InChI=1S/C20H32F2N4O2/c1-4-11-26-12-8-16(9-13-26)25-20(23-2)24-10-7-15-5-6-17(27-3)18(14-15)28-19(21)22/h5-6,14,16,19H,4,7-13H2,1-3H3,(H2,23,24,25). The molecule has 6 nitrogen and oxygen atoms in total. The zero-order valence-corrected chi connectivity index (χ0v) is 17.0. The lowest BCUT2D eigenvalue weighted by atomic mass is 10.1. The minimum absolute atomic E-state index is 0.0522. The Labute approximate surface area is 166 Å². The molecule has 0 aromatic heterocycles. The molecule has 0 unspecified atom stereocenters. The second-order valence-electron chi connectivity index (χ2n) is 6.87. The van der Waals surface area contributed by atoms with Gasteiger partial charge in [0.15, 0.2) is 17.5 Å². The molecule has 28 heavy (non-hydrogen) atoms. The van der Waals surface area contributed by atoms with Crippen molar-refractivity contribution < 1.29 is 18.3 Å². The fourth-order valence-corrected chi connectivity index (χ4v) is 3.40. The van der Waals surface area contributed by atoms with Crippen LogP contribution >= 0.6 is 0 Å². The van der Waals surface area contributed by atoms with Crippen molar-refractivity contribution in [2.75, 3.05) is 40.3 Å². The molecule has 1 aliphatic heterocycles. The monoisotopic (exact) mass is 398 g/mol. The van der Waals surface area contributed by atoms with Crippen molar-refractivity contribution in [1.29, 1.82) is 0 Å². The molecule has 0 saturated carbocycles. The number of methoxy groups -OCH3 is 1. The van der Waals surface area contributed by atoms with E-state index in [1.807, 2.05) is 6.07 Å². The van der Waals surface area contributed by atoms with E-state index < -0.39 is 6.61 Å². The van der Waals surface area contributed by atoms with Crippen molar-refractivity contribution in [2.45, 2.75) is 45.3 Å². The van der Waals surface area contributed by atoms with Crippen molar-refractivity contribution >= 4 is 5.96 Å². The molecule has 8 heteroatoms. The van der Waals surface area contributed by atoms with Crippen LogP contribution in [0.3, 0.4) is 0 Å². The molecule has 1 heterocycles. The first kappa shape index (κ1) is 22.2. The molecule has 0 aliphatic carbocycles. The van der Waals surface area contributed by atoms with Crippen LogP contribution in [0.2, 0.25) is 0 Å². The van der Waals surface area contributed by atoms with Crippen LogP contribution in [0.4, 0.5) is 8.78 Å². The average Bonchev–Trinajstić information content (AvgIpc) is 2.68. The first-order chi connectivity index (χ1) is 13.5. The number of nitrogens with zero attached hydrogens (tertiary/aromatic N) is 2. The SMILES string of the molecule is CCCN1CCC(NC(=NC)NCCc2ccc(OC)c(OC(F)F)c2)CC1. The van der Waals surface area contributed by atoms with Crippen molar-refractivity contribution in [3.05, 3.63) is 23.8 Å². The maximum atomic E-state index is 12.5. The molecular formula is C20H32F2N4O2. The van der Waals surface area contributed by atoms with E-state index in [0.29, 0.717) is 24.8 Å². The van der Waals surface area contributed by atoms with Gasteiger partial charge in [0.05, 0.1) is 7.11 Å². The number of alkyl halides is 2. The van der Waals surface area contributed by atoms with Crippen LogP contribution in [-0.4, -0.2) is 63.8 Å². The number of hydrogen-bond donors (Lipinski definition) is 2. The summed E-state index contributed by atoms with van der Waals surface area (Å²) in [5, 5.41) is 6.77. The Morgan fingerprint density at radius 1 is 1.29 bits per heavy atom. The third-order valence-electron chi connectivity index (χ3n) is 4.84. The van der Waals surface area contributed by atoms with Gasteiger partial charge in [-0.05, 0) is 49.9 Å². The summed E-state index contributed by atoms with van der Waals surface area (Å²) in [6.45, 7) is 3.35. The first-order valence-electron chi connectivity index (χ1n) is 9.87. The number of hydrogen-bond acceptors (Lipinski definition) is 4. The molecule has 0 spiro atoms. The van der Waals surface area contributed by atoms with Crippen LogP contribution in [0, 0.1) is 0 Å². The molecule has 0 atom stereocenters. The quantitative estimate of drug-likeness (QED) is 0.495. The summed E-state index contributed by atoms with van der Waals surface area (Å²) in [7, 11) is 3.18. The Bertz CT molecular complexity index is 620. The van der Waals surface area contributed by atoms with Crippen LogP contribution in [0.5, 0.6) is 11.5 Å². The van der Waals surface area contributed by atoms with Gasteiger partial charge in [-0.15, -0.1) is 0 Å². The average molecular weight is 398 g/mol. The molecule has 0 amide bonds. The van der Waals surface area contributed by atoms with Crippen molar-refractivity contribution in [3.63, 3.8) is 0 Å². The highest BCUT2D eigenvalue weighted by Gasteiger charge is 2.19. The lowest BCUT2D eigenvalue weighted by Gasteiger charge is -2.32. The minimum atomic E-state index is -2.88. The summed E-state index contributed by atoms with van der Waals surface area (Å²) in [6.07, 6.45) is 4.05. The van der Waals surface area contributed by atoms with E-state index in [9.17, 15) is 8.78 Å². The lowest BCUT2D eigenvalue weighted by Crippen LogP contribution is -2.49. The second-order valence-corrected chi connectivity index (χ2v) is 6.87. The van der Waals surface area contributed by atoms with E-state index >= 15 is 0 Å². The van der Waals surface area contributed by atoms with Crippen LogP contribution in [0.25, 0.3) is 0 Å². The molecule has 1 aliphatic rings. The largest absolute Gasteiger partial charge is 0.493 e. The predicted octanol–water partition coefficient (Wildman–Crippen LogP) is 2.88. The van der Waals surface area contributed by atoms with E-state index in [1.54, 1.807) is 19.2 Å². The molecule has 0 bridgehead atoms. The molecule has 1 fully saturated rings. The predicted molar refractivity (Wildman–Crippen MR) is 108 cm³/mol. The van der Waals surface area contributed by atoms with Gasteiger partial charge in [0.2, 0.25) is 0 Å².